The number of aromatic nitrogens is 2. The number of benzene rings is 1. The second-order valence-electron chi connectivity index (χ2n) is 5.80. The van der Waals surface area contributed by atoms with Crippen LogP contribution in [0.25, 0.3) is 0 Å². The Morgan fingerprint density at radius 2 is 1.86 bits per heavy atom. The molecule has 1 N–H and O–H groups in total. The molecule has 4 heteroatoms. The van der Waals surface area contributed by atoms with Crippen molar-refractivity contribution in [3.63, 3.8) is 0 Å². The highest BCUT2D eigenvalue weighted by Crippen LogP contribution is 2.13. The van der Waals surface area contributed by atoms with Crippen LogP contribution in [-0.4, -0.2) is 16.4 Å². The summed E-state index contributed by atoms with van der Waals surface area (Å²) in [6.45, 7) is 6.89. The molecule has 0 bridgehead atoms. The molecule has 0 spiro atoms. The van der Waals surface area contributed by atoms with E-state index in [1.165, 1.54) is 11.1 Å². The molecule has 0 aliphatic carbocycles. The molecule has 0 unspecified atom stereocenters. The minimum atomic E-state index is 0.681. The molecule has 1 heterocycles. The summed E-state index contributed by atoms with van der Waals surface area (Å²) < 4.78 is 7.54. The van der Waals surface area contributed by atoms with Gasteiger partial charge in [-0.15, -0.1) is 0 Å². The molecule has 1 aromatic heterocycles. The molecule has 0 radical (unpaired) electrons. The van der Waals surface area contributed by atoms with E-state index in [0.29, 0.717) is 5.92 Å². The quantitative estimate of drug-likeness (QED) is 0.810. The Morgan fingerprint density at radius 3 is 2.48 bits per heavy atom. The lowest BCUT2D eigenvalue weighted by molar-refractivity contribution is 0.289. The summed E-state index contributed by atoms with van der Waals surface area (Å²) in [7, 11) is 1.93. The molecule has 0 atom stereocenters. The van der Waals surface area contributed by atoms with Crippen LogP contribution in [0, 0.1) is 5.92 Å². The van der Waals surface area contributed by atoms with Gasteiger partial charge < -0.3 is 10.1 Å². The standard InChI is InChI=1S/C17H25N3O/c1-14(2)8-9-21-17-6-4-15(5-7-17)10-18-11-16-12-19-20(3)13-16/h4-7,12-14,18H,8-11H2,1-3H3. The van der Waals surface area contributed by atoms with Crippen LogP contribution < -0.4 is 10.1 Å². The number of hydrogen-bond acceptors (Lipinski definition) is 3. The van der Waals surface area contributed by atoms with Gasteiger partial charge in [0, 0.05) is 31.9 Å². The van der Waals surface area contributed by atoms with Crippen LogP contribution in [0.15, 0.2) is 36.7 Å². The second-order valence-corrected chi connectivity index (χ2v) is 5.80. The molecule has 0 saturated heterocycles. The average molecular weight is 287 g/mol. The van der Waals surface area contributed by atoms with Gasteiger partial charge in [-0.2, -0.15) is 5.10 Å². The zero-order valence-electron chi connectivity index (χ0n) is 13.2. The van der Waals surface area contributed by atoms with Crippen molar-refractivity contribution in [2.75, 3.05) is 6.61 Å². The lowest BCUT2D eigenvalue weighted by Crippen LogP contribution is -2.12. The van der Waals surface area contributed by atoms with E-state index in [0.717, 1.165) is 31.9 Å². The van der Waals surface area contributed by atoms with Crippen molar-refractivity contribution in [1.82, 2.24) is 15.1 Å². The highest BCUT2D eigenvalue weighted by Gasteiger charge is 1.99. The van der Waals surface area contributed by atoms with E-state index >= 15 is 0 Å². The third kappa shape index (κ3) is 5.60. The Labute approximate surface area is 127 Å². The van der Waals surface area contributed by atoms with Gasteiger partial charge in [0.2, 0.25) is 0 Å². The Kier molecular flexibility index (Phi) is 5.81. The summed E-state index contributed by atoms with van der Waals surface area (Å²) in [5.74, 6) is 1.63. The lowest BCUT2D eigenvalue weighted by atomic mass is 10.1. The SMILES string of the molecule is CC(C)CCOc1ccc(CNCc2cnn(C)c2)cc1. The molecule has 21 heavy (non-hydrogen) atoms. The second kappa shape index (κ2) is 7.84. The van der Waals surface area contributed by atoms with Gasteiger partial charge in [-0.25, -0.2) is 0 Å². The normalized spacial score (nSPS) is 11.0. The van der Waals surface area contributed by atoms with Gasteiger partial charge in [-0.05, 0) is 30.0 Å². The van der Waals surface area contributed by atoms with Crippen LogP contribution in [0.3, 0.4) is 0 Å². The van der Waals surface area contributed by atoms with Crippen molar-refractivity contribution in [2.24, 2.45) is 13.0 Å². The molecule has 0 aliphatic heterocycles. The van der Waals surface area contributed by atoms with E-state index in [4.69, 9.17) is 4.74 Å². The minimum Gasteiger partial charge on any atom is -0.494 e. The average Bonchev–Trinajstić information content (AvgIpc) is 2.86. The molecule has 0 aliphatic rings. The zero-order chi connectivity index (χ0) is 15.1. The Hall–Kier alpha value is -1.81. The van der Waals surface area contributed by atoms with Gasteiger partial charge in [0.1, 0.15) is 5.75 Å². The summed E-state index contributed by atoms with van der Waals surface area (Å²) in [5.41, 5.74) is 2.46. The topological polar surface area (TPSA) is 39.1 Å². The molecule has 1 aromatic carbocycles. The molecule has 0 saturated carbocycles. The number of aryl methyl sites for hydroxylation is 1. The maximum atomic E-state index is 5.72. The van der Waals surface area contributed by atoms with E-state index in [2.05, 4.69) is 36.4 Å². The highest BCUT2D eigenvalue weighted by molar-refractivity contribution is 5.27. The first-order valence-electron chi connectivity index (χ1n) is 7.53. The summed E-state index contributed by atoms with van der Waals surface area (Å²) in [4.78, 5) is 0. The zero-order valence-corrected chi connectivity index (χ0v) is 13.2. The van der Waals surface area contributed by atoms with Gasteiger partial charge in [0.15, 0.2) is 0 Å². The molecular formula is C17H25N3O. The van der Waals surface area contributed by atoms with Gasteiger partial charge in [0.05, 0.1) is 12.8 Å². The van der Waals surface area contributed by atoms with Crippen molar-refractivity contribution in [3.05, 3.63) is 47.8 Å². The van der Waals surface area contributed by atoms with E-state index in [9.17, 15) is 0 Å². The fourth-order valence-electron chi connectivity index (χ4n) is 2.03. The monoisotopic (exact) mass is 287 g/mol. The predicted octanol–water partition coefficient (Wildman–Crippen LogP) is 3.13. The molecule has 2 aromatic rings. The van der Waals surface area contributed by atoms with Crippen LogP contribution in [-0.2, 0) is 20.1 Å². The first-order valence-corrected chi connectivity index (χ1v) is 7.53. The van der Waals surface area contributed by atoms with Gasteiger partial charge >= 0.3 is 0 Å². The van der Waals surface area contributed by atoms with Crippen molar-refractivity contribution in [1.29, 1.82) is 0 Å². The van der Waals surface area contributed by atoms with Crippen molar-refractivity contribution in [3.8, 4) is 5.75 Å². The number of nitrogens with zero attached hydrogens (tertiary/aromatic N) is 2. The third-order valence-corrected chi connectivity index (χ3v) is 3.30. The van der Waals surface area contributed by atoms with Crippen molar-refractivity contribution in [2.45, 2.75) is 33.4 Å². The van der Waals surface area contributed by atoms with Crippen LogP contribution >= 0.6 is 0 Å². The van der Waals surface area contributed by atoms with Gasteiger partial charge in [0.25, 0.3) is 0 Å². The van der Waals surface area contributed by atoms with E-state index in [-0.39, 0.29) is 0 Å². The third-order valence-electron chi connectivity index (χ3n) is 3.30. The number of rotatable bonds is 8. The Morgan fingerprint density at radius 1 is 1.14 bits per heavy atom. The first-order chi connectivity index (χ1) is 10.1. The first kappa shape index (κ1) is 15.6. The van der Waals surface area contributed by atoms with E-state index < -0.39 is 0 Å². The molecule has 0 fully saturated rings. The molecule has 114 valence electrons. The van der Waals surface area contributed by atoms with Crippen LogP contribution in [0.2, 0.25) is 0 Å². The van der Waals surface area contributed by atoms with Crippen LogP contribution in [0.5, 0.6) is 5.75 Å². The summed E-state index contributed by atoms with van der Waals surface area (Å²) in [6, 6.07) is 8.31. The molecule has 2 rings (SSSR count). The Bertz CT molecular complexity index is 531. The number of nitrogens with one attached hydrogen (secondary N) is 1. The van der Waals surface area contributed by atoms with E-state index in [1.54, 1.807) is 0 Å². The van der Waals surface area contributed by atoms with E-state index in [1.807, 2.05) is 36.3 Å². The summed E-state index contributed by atoms with van der Waals surface area (Å²) in [5, 5.41) is 7.57. The summed E-state index contributed by atoms with van der Waals surface area (Å²) in [6.07, 6.45) is 5.01. The minimum absolute atomic E-state index is 0.681. The van der Waals surface area contributed by atoms with Crippen LogP contribution in [0.1, 0.15) is 31.4 Å². The fourth-order valence-corrected chi connectivity index (χ4v) is 2.03. The molecular weight excluding hydrogens is 262 g/mol. The van der Waals surface area contributed by atoms with Crippen LogP contribution in [0.4, 0.5) is 0 Å². The highest BCUT2D eigenvalue weighted by atomic mass is 16.5. The number of hydrogen-bond donors (Lipinski definition) is 1. The summed E-state index contributed by atoms with van der Waals surface area (Å²) >= 11 is 0. The lowest BCUT2D eigenvalue weighted by Gasteiger charge is -2.09. The predicted molar refractivity (Wildman–Crippen MR) is 85.1 cm³/mol. The van der Waals surface area contributed by atoms with Crippen molar-refractivity contribution < 1.29 is 4.74 Å². The van der Waals surface area contributed by atoms with Gasteiger partial charge in [-0.1, -0.05) is 26.0 Å². The molecule has 0 amide bonds. The van der Waals surface area contributed by atoms with Crippen molar-refractivity contribution >= 4 is 0 Å². The number of ether oxygens (including phenoxy) is 1. The Balaban J connectivity index is 1.72. The maximum Gasteiger partial charge on any atom is 0.119 e. The fraction of sp³-hybridized carbons (Fsp3) is 0.471. The maximum absolute atomic E-state index is 5.72. The smallest absolute Gasteiger partial charge is 0.119 e. The van der Waals surface area contributed by atoms with Gasteiger partial charge in [-0.3, -0.25) is 4.68 Å². The largest absolute Gasteiger partial charge is 0.494 e. The molecule has 4 nitrogen and oxygen atoms in total.